The van der Waals surface area contributed by atoms with Crippen molar-refractivity contribution in [3.63, 3.8) is 0 Å². The Kier molecular flexibility index (Phi) is 10.4. The van der Waals surface area contributed by atoms with E-state index >= 15 is 0 Å². The Bertz CT molecular complexity index is 2300. The van der Waals surface area contributed by atoms with Crippen LogP contribution in [0.5, 0.6) is 0 Å². The molecule has 0 bridgehead atoms. The first kappa shape index (κ1) is 38.3. The molecule has 0 spiro atoms. The molecule has 3 nitrogen and oxygen atoms in total. The molecule has 11 heteroatoms. The molecule has 0 N–H and O–H groups in total. The van der Waals surface area contributed by atoms with Crippen LogP contribution in [0, 0.1) is 5.41 Å². The van der Waals surface area contributed by atoms with Gasteiger partial charge in [-0.25, -0.2) is 0 Å². The molecule has 2 heterocycles. The lowest BCUT2D eigenvalue weighted by atomic mass is 9.80. The fourth-order valence-corrected chi connectivity index (χ4v) is 9.77. The van der Waals surface area contributed by atoms with Crippen LogP contribution in [0.2, 0.25) is 0 Å². The maximum absolute atomic E-state index is 14.0. The maximum Gasteiger partial charge on any atom is 0.416 e. The van der Waals surface area contributed by atoms with Crippen molar-refractivity contribution in [2.75, 3.05) is 0 Å². The molecule has 7 rings (SSSR count). The van der Waals surface area contributed by atoms with Crippen LogP contribution in [0.1, 0.15) is 65.7 Å². The van der Waals surface area contributed by atoms with Gasteiger partial charge in [-0.1, -0.05) is 79.5 Å². The molecule has 0 aromatic heterocycles. The predicted molar refractivity (Wildman–Crippen MR) is 204 cm³/mol. The number of carbonyl (C=O) groups excluding carboxylic acids is 2. The van der Waals surface area contributed by atoms with Gasteiger partial charge in [0.25, 0.3) is 0 Å². The summed E-state index contributed by atoms with van der Waals surface area (Å²) >= 11 is 2.88. The second kappa shape index (κ2) is 14.9. The molecule has 0 amide bonds. The van der Waals surface area contributed by atoms with Crippen molar-refractivity contribution < 1.29 is 41.0 Å². The summed E-state index contributed by atoms with van der Waals surface area (Å²) < 4.78 is 80.1. The first-order chi connectivity index (χ1) is 26.1. The molecule has 0 saturated heterocycles. The van der Waals surface area contributed by atoms with E-state index in [4.69, 9.17) is 0 Å². The number of thioether (sulfide) groups is 1. The minimum atomic E-state index is -4.50. The fraction of sp³-hybridized carbons (Fsp3) is 0.205. The van der Waals surface area contributed by atoms with E-state index in [1.54, 1.807) is 0 Å². The second-order valence-corrected chi connectivity index (χ2v) is 16.3. The summed E-state index contributed by atoms with van der Waals surface area (Å²) in [7, 11) is 0. The fourth-order valence-electron chi connectivity index (χ4n) is 6.90. The molecule has 0 radical (unpaired) electrons. The van der Waals surface area contributed by atoms with E-state index in [9.17, 15) is 41.0 Å². The van der Waals surface area contributed by atoms with Gasteiger partial charge in [-0.2, -0.15) is 26.3 Å². The van der Waals surface area contributed by atoms with E-state index in [-0.39, 0.29) is 29.2 Å². The van der Waals surface area contributed by atoms with E-state index in [1.807, 2.05) is 61.6 Å². The molecule has 2 aliphatic heterocycles. The van der Waals surface area contributed by atoms with Crippen molar-refractivity contribution in [3.05, 3.63) is 182 Å². The lowest BCUT2D eigenvalue weighted by Crippen LogP contribution is -2.25. The first-order valence-electron chi connectivity index (χ1n) is 17.4. The minimum Gasteiger partial charge on any atom is -0.871 e. The third-order valence-electron chi connectivity index (χ3n) is 9.71. The average molecular weight is 787 g/mol. The van der Waals surface area contributed by atoms with Crippen LogP contribution in [-0.2, 0) is 33.3 Å². The highest BCUT2D eigenvalue weighted by atomic mass is 32.2. The van der Waals surface area contributed by atoms with Crippen LogP contribution < -0.4 is 5.11 Å². The van der Waals surface area contributed by atoms with E-state index in [1.165, 1.54) is 59.5 Å². The number of benzene rings is 3. The number of alkyl halides is 6. The normalized spacial score (nSPS) is 23.6. The summed E-state index contributed by atoms with van der Waals surface area (Å²) in [5.41, 5.74) is 0.431. The van der Waals surface area contributed by atoms with Crippen LogP contribution >= 0.6 is 11.8 Å². The molecule has 3 aromatic rings. The Morgan fingerprint density at radius 2 is 1.49 bits per heavy atom. The molecular weight excluding hydrogens is 755 g/mol. The van der Waals surface area contributed by atoms with E-state index in [2.05, 4.69) is 6.08 Å². The lowest BCUT2D eigenvalue weighted by Gasteiger charge is -2.26. The van der Waals surface area contributed by atoms with E-state index in [0.29, 0.717) is 16.7 Å². The molecule has 2 unspecified atom stereocenters. The summed E-state index contributed by atoms with van der Waals surface area (Å²) in [5.74, 6) is -2.63. The summed E-state index contributed by atoms with van der Waals surface area (Å²) in [6.45, 7) is 1.82. The van der Waals surface area contributed by atoms with Crippen molar-refractivity contribution in [1.29, 1.82) is 0 Å². The van der Waals surface area contributed by atoms with Crippen molar-refractivity contribution in [2.24, 2.45) is 5.41 Å². The van der Waals surface area contributed by atoms with Gasteiger partial charge in [0.15, 0.2) is 0 Å². The van der Waals surface area contributed by atoms with Gasteiger partial charge in [0.1, 0.15) is 0 Å². The smallest absolute Gasteiger partial charge is 0.416 e. The molecule has 280 valence electrons. The van der Waals surface area contributed by atoms with Gasteiger partial charge in [0, 0.05) is 44.3 Å². The Morgan fingerprint density at radius 3 is 2.11 bits per heavy atom. The number of carbonyl (C=O) groups is 2. The van der Waals surface area contributed by atoms with Gasteiger partial charge in [0.2, 0.25) is 32.7 Å². The van der Waals surface area contributed by atoms with E-state index < -0.39 is 46.2 Å². The summed E-state index contributed by atoms with van der Waals surface area (Å²) in [6.07, 6.45) is 5.95. The number of allylic oxidation sites excluding steroid dienone is 11. The number of hydrogen-bond donors (Lipinski definition) is 0. The van der Waals surface area contributed by atoms with Crippen LogP contribution in [0.15, 0.2) is 154 Å². The zero-order valence-electron chi connectivity index (χ0n) is 29.3. The van der Waals surface area contributed by atoms with Gasteiger partial charge in [-0.3, -0.25) is 9.59 Å². The number of ketones is 2. The highest BCUT2D eigenvalue weighted by Crippen LogP contribution is 2.49. The van der Waals surface area contributed by atoms with Crippen molar-refractivity contribution in [2.45, 2.75) is 50.2 Å². The highest BCUT2D eigenvalue weighted by molar-refractivity contribution is 8.08. The highest BCUT2D eigenvalue weighted by Gasteiger charge is 2.40. The van der Waals surface area contributed by atoms with Crippen molar-refractivity contribution >= 4 is 44.4 Å². The summed E-state index contributed by atoms with van der Waals surface area (Å²) in [4.78, 5) is 29.4. The molecule has 2 aliphatic carbocycles. The number of Topliss-reactive ketones (excluding diaryl/α,β-unsaturated/α-hetero) is 2. The van der Waals surface area contributed by atoms with Crippen LogP contribution in [-0.4, -0.2) is 16.4 Å². The lowest BCUT2D eigenvalue weighted by molar-refractivity contribution is -0.297. The standard InChI is InChI=1S/C44H32F6O3S2/c1-42(24-37(28-10-6-3-7-11-28)55-38(25-42)30-14-18-32(19-15-30)44(48,49)50)23-34-39(51)33(40(52)41(34)53)20-26-21-35(27-8-4-2-5-9-27)54-36(22-26)29-12-16-31(17-13-29)43(45,46)47/h2,4-6,8-21,23-24,36H,3,7,22,25H2,1H3/b26-20-,34-23-. The zero-order chi connectivity index (χ0) is 39.1. The third-order valence-corrected chi connectivity index (χ3v) is 12.2. The largest absolute Gasteiger partial charge is 0.871 e. The predicted octanol–water partition coefficient (Wildman–Crippen LogP) is 10.4. The number of hydrogen-bond acceptors (Lipinski definition) is 4. The van der Waals surface area contributed by atoms with Gasteiger partial charge in [-0.05, 0) is 90.6 Å². The Morgan fingerprint density at radius 1 is 0.836 bits per heavy atom. The third kappa shape index (κ3) is 8.33. The monoisotopic (exact) mass is 786 g/mol. The van der Waals surface area contributed by atoms with Gasteiger partial charge in [-0.15, -0.1) is 11.8 Å². The van der Waals surface area contributed by atoms with Crippen molar-refractivity contribution in [3.8, 4) is 0 Å². The average Bonchev–Trinajstić information content (AvgIpc) is 3.36. The van der Waals surface area contributed by atoms with Crippen LogP contribution in [0.3, 0.4) is 0 Å². The van der Waals surface area contributed by atoms with Crippen LogP contribution in [0.25, 0.3) is 4.91 Å². The Labute approximate surface area is 322 Å². The summed E-state index contributed by atoms with van der Waals surface area (Å²) in [6, 6.07) is 19.1. The first-order valence-corrected chi connectivity index (χ1v) is 19.1. The maximum atomic E-state index is 14.0. The molecule has 2 atom stereocenters. The quantitative estimate of drug-likeness (QED) is 0.0821. The number of rotatable bonds is 6. The SMILES string of the molecule is CC1(/C=C2\C(=O)C(=O)C(/C=C3/C=C(c4ccccc4)SC(c4ccc(C(F)(F)F)cc4)C3)=C2[O-])C=C(C2=CCCC=C2)[S+]=C(c2ccc(C(F)(F)F)cc2)C1. The topological polar surface area (TPSA) is 57.2 Å². The molecule has 3 aromatic carbocycles. The molecule has 4 aliphatic rings. The number of halogens is 6. The molecular formula is C44H32F6O3S2. The molecule has 0 fully saturated rings. The van der Waals surface area contributed by atoms with Gasteiger partial charge >= 0.3 is 12.4 Å². The molecule has 55 heavy (non-hydrogen) atoms. The Balaban J connectivity index is 1.26. The minimum absolute atomic E-state index is 0.257. The molecule has 0 saturated carbocycles. The van der Waals surface area contributed by atoms with Crippen LogP contribution in [0.4, 0.5) is 26.3 Å². The zero-order valence-corrected chi connectivity index (χ0v) is 30.9. The van der Waals surface area contributed by atoms with Gasteiger partial charge < -0.3 is 5.11 Å². The van der Waals surface area contributed by atoms with E-state index in [0.717, 1.165) is 62.9 Å². The summed E-state index contributed by atoms with van der Waals surface area (Å²) in [5, 5.41) is 13.7. The van der Waals surface area contributed by atoms with Crippen molar-refractivity contribution in [1.82, 2.24) is 0 Å². The Hall–Kier alpha value is -5.00. The second-order valence-electron chi connectivity index (χ2n) is 13.9. The van der Waals surface area contributed by atoms with Gasteiger partial charge in [0.05, 0.1) is 11.1 Å².